The molecule has 0 spiro atoms. The first-order valence-corrected chi connectivity index (χ1v) is 6.22. The van der Waals surface area contributed by atoms with E-state index < -0.39 is 0 Å². The number of hydrogen-bond acceptors (Lipinski definition) is 4. The van der Waals surface area contributed by atoms with Gasteiger partial charge in [-0.1, -0.05) is 24.3 Å². The van der Waals surface area contributed by atoms with Crippen LogP contribution in [0.4, 0.5) is 5.69 Å². The topological polar surface area (TPSA) is 76.2 Å². The molecule has 1 heterocycles. The van der Waals surface area contributed by atoms with Crippen LogP contribution in [0.15, 0.2) is 42.6 Å². The first-order valence-electron chi connectivity index (χ1n) is 6.22. The molecule has 0 aliphatic heterocycles. The van der Waals surface area contributed by atoms with Crippen LogP contribution in [0.3, 0.4) is 0 Å². The van der Waals surface area contributed by atoms with Gasteiger partial charge in [-0.25, -0.2) is 0 Å². The first kappa shape index (κ1) is 11.0. The van der Waals surface area contributed by atoms with Crippen molar-refractivity contribution in [3.05, 3.63) is 53.7 Å². The van der Waals surface area contributed by atoms with E-state index in [1.165, 1.54) is 6.07 Å². The fraction of sp³-hybridized carbons (Fsp3) is 0. The van der Waals surface area contributed by atoms with E-state index in [9.17, 15) is 9.90 Å². The normalized spacial score (nSPS) is 12.5. The number of anilines is 1. The Hall–Kier alpha value is -2.88. The molecule has 3 N–H and O–H groups in total. The first-order chi connectivity index (χ1) is 9.66. The molecule has 2 aromatic carbocycles. The van der Waals surface area contributed by atoms with Gasteiger partial charge in [0.2, 0.25) is 0 Å². The minimum Gasteiger partial charge on any atom is -0.508 e. The minimum absolute atomic E-state index is 0.0301. The molecule has 0 atom stereocenters. The number of ketones is 1. The lowest BCUT2D eigenvalue weighted by Crippen LogP contribution is -1.97. The van der Waals surface area contributed by atoms with Gasteiger partial charge in [-0.2, -0.15) is 0 Å². The van der Waals surface area contributed by atoms with Crippen molar-refractivity contribution >= 4 is 22.4 Å². The molecule has 20 heavy (non-hydrogen) atoms. The number of fused-ring (bicyclic) bond motifs is 5. The van der Waals surface area contributed by atoms with E-state index in [2.05, 4.69) is 4.98 Å². The number of hydrogen-bond donors (Lipinski definition) is 2. The van der Waals surface area contributed by atoms with Crippen molar-refractivity contribution in [3.8, 4) is 16.9 Å². The van der Waals surface area contributed by atoms with Gasteiger partial charge in [0.1, 0.15) is 5.75 Å². The van der Waals surface area contributed by atoms with Gasteiger partial charge in [0.15, 0.2) is 5.78 Å². The maximum absolute atomic E-state index is 12.4. The molecular weight excluding hydrogens is 252 g/mol. The Balaban J connectivity index is 2.23. The van der Waals surface area contributed by atoms with Crippen molar-refractivity contribution in [2.45, 2.75) is 0 Å². The SMILES string of the molecule is Nc1cc(O)cc2ncc3c(c12)-c1ccccc1C3=O. The van der Waals surface area contributed by atoms with E-state index in [1.54, 1.807) is 18.3 Å². The van der Waals surface area contributed by atoms with Crippen LogP contribution in [0.2, 0.25) is 0 Å². The maximum Gasteiger partial charge on any atom is 0.195 e. The molecule has 1 aromatic heterocycles. The molecule has 0 radical (unpaired) electrons. The fourth-order valence-corrected chi connectivity index (χ4v) is 2.84. The van der Waals surface area contributed by atoms with Gasteiger partial charge >= 0.3 is 0 Å². The second-order valence-electron chi connectivity index (χ2n) is 4.85. The van der Waals surface area contributed by atoms with Crippen molar-refractivity contribution in [3.63, 3.8) is 0 Å². The number of aromatic hydroxyl groups is 1. The van der Waals surface area contributed by atoms with Crippen molar-refractivity contribution in [2.24, 2.45) is 0 Å². The van der Waals surface area contributed by atoms with Crippen LogP contribution in [0.5, 0.6) is 5.75 Å². The lowest BCUT2D eigenvalue weighted by molar-refractivity contribution is 0.104. The number of phenols is 1. The molecule has 4 heteroatoms. The smallest absolute Gasteiger partial charge is 0.195 e. The second-order valence-corrected chi connectivity index (χ2v) is 4.85. The Bertz CT molecular complexity index is 900. The zero-order valence-corrected chi connectivity index (χ0v) is 10.4. The third kappa shape index (κ3) is 1.25. The molecule has 0 saturated heterocycles. The molecule has 3 aromatic rings. The van der Waals surface area contributed by atoms with Gasteiger partial charge in [0, 0.05) is 46.1 Å². The molecule has 0 unspecified atom stereocenters. The molecule has 96 valence electrons. The van der Waals surface area contributed by atoms with Crippen molar-refractivity contribution in [2.75, 3.05) is 5.73 Å². The summed E-state index contributed by atoms with van der Waals surface area (Å²) in [5.41, 5.74) is 9.96. The maximum atomic E-state index is 12.4. The van der Waals surface area contributed by atoms with E-state index in [0.29, 0.717) is 22.3 Å². The van der Waals surface area contributed by atoms with E-state index >= 15 is 0 Å². The third-order valence-electron chi connectivity index (χ3n) is 3.67. The summed E-state index contributed by atoms with van der Waals surface area (Å²) in [6.07, 6.45) is 1.55. The lowest BCUT2D eigenvalue weighted by Gasteiger charge is -2.08. The summed E-state index contributed by atoms with van der Waals surface area (Å²) in [5.74, 6) is 0.0394. The van der Waals surface area contributed by atoms with E-state index in [0.717, 1.165) is 16.5 Å². The summed E-state index contributed by atoms with van der Waals surface area (Å²) >= 11 is 0. The molecular formula is C16H10N2O2. The van der Waals surface area contributed by atoms with Crippen molar-refractivity contribution in [1.29, 1.82) is 0 Å². The van der Waals surface area contributed by atoms with Crippen LogP contribution >= 0.6 is 0 Å². The largest absolute Gasteiger partial charge is 0.508 e. The number of rotatable bonds is 0. The molecule has 4 nitrogen and oxygen atoms in total. The van der Waals surface area contributed by atoms with Crippen LogP contribution in [-0.4, -0.2) is 15.9 Å². The van der Waals surface area contributed by atoms with Gasteiger partial charge in [0.05, 0.1) is 5.52 Å². The number of carbonyl (C=O) groups is 1. The van der Waals surface area contributed by atoms with Gasteiger partial charge < -0.3 is 10.8 Å². The third-order valence-corrected chi connectivity index (χ3v) is 3.67. The molecule has 0 amide bonds. The van der Waals surface area contributed by atoms with E-state index in [4.69, 9.17) is 5.73 Å². The van der Waals surface area contributed by atoms with Gasteiger partial charge in [-0.15, -0.1) is 0 Å². The lowest BCUT2D eigenvalue weighted by atomic mass is 10.00. The Morgan fingerprint density at radius 2 is 1.80 bits per heavy atom. The zero-order chi connectivity index (χ0) is 13.9. The molecule has 1 aliphatic rings. The molecule has 0 saturated carbocycles. The molecule has 4 rings (SSSR count). The number of nitrogen functional groups attached to an aromatic ring is 1. The summed E-state index contributed by atoms with van der Waals surface area (Å²) in [7, 11) is 0. The molecule has 1 aliphatic carbocycles. The molecule has 0 fully saturated rings. The number of nitrogens with two attached hydrogens (primary N) is 1. The summed E-state index contributed by atoms with van der Waals surface area (Å²) in [5, 5.41) is 10.3. The number of pyridine rings is 1. The highest BCUT2D eigenvalue weighted by Gasteiger charge is 2.29. The van der Waals surface area contributed by atoms with Crippen LogP contribution in [-0.2, 0) is 0 Å². The minimum atomic E-state index is -0.0301. The summed E-state index contributed by atoms with van der Waals surface area (Å²) in [6.45, 7) is 0. The zero-order valence-electron chi connectivity index (χ0n) is 10.4. The second kappa shape index (κ2) is 3.57. The predicted molar refractivity (Wildman–Crippen MR) is 76.7 cm³/mol. The van der Waals surface area contributed by atoms with Gasteiger partial charge in [-0.05, 0) is 5.56 Å². The Morgan fingerprint density at radius 1 is 1.05 bits per heavy atom. The predicted octanol–water partition coefficient (Wildman–Crippen LogP) is 2.73. The molecule has 0 bridgehead atoms. The highest BCUT2D eigenvalue weighted by molar-refractivity contribution is 6.26. The van der Waals surface area contributed by atoms with E-state index in [-0.39, 0.29) is 11.5 Å². The standard InChI is InChI=1S/C16H10N2O2/c17-12-5-8(19)6-13-15(12)14-9-3-1-2-4-10(9)16(20)11(14)7-18-13/h1-7,19H,17H2. The van der Waals surface area contributed by atoms with Crippen molar-refractivity contribution < 1.29 is 9.90 Å². The summed E-state index contributed by atoms with van der Waals surface area (Å²) < 4.78 is 0. The average Bonchev–Trinajstić information content (AvgIpc) is 2.72. The fourth-order valence-electron chi connectivity index (χ4n) is 2.84. The quantitative estimate of drug-likeness (QED) is 0.478. The Kier molecular flexibility index (Phi) is 1.96. The van der Waals surface area contributed by atoms with E-state index in [1.807, 2.05) is 18.2 Å². The van der Waals surface area contributed by atoms with Gasteiger partial charge in [0.25, 0.3) is 0 Å². The van der Waals surface area contributed by atoms with Crippen molar-refractivity contribution in [1.82, 2.24) is 4.98 Å². The van der Waals surface area contributed by atoms with Crippen LogP contribution < -0.4 is 5.73 Å². The summed E-state index contributed by atoms with van der Waals surface area (Å²) in [6, 6.07) is 10.5. The summed E-state index contributed by atoms with van der Waals surface area (Å²) in [4.78, 5) is 16.6. The van der Waals surface area contributed by atoms with Crippen LogP contribution in [0.1, 0.15) is 15.9 Å². The number of carbonyl (C=O) groups excluding carboxylic acids is 1. The number of benzene rings is 2. The number of nitrogens with zero attached hydrogens (tertiary/aromatic N) is 1. The highest BCUT2D eigenvalue weighted by Crippen LogP contribution is 2.43. The highest BCUT2D eigenvalue weighted by atomic mass is 16.3. The Morgan fingerprint density at radius 3 is 2.60 bits per heavy atom. The Labute approximate surface area is 114 Å². The average molecular weight is 262 g/mol. The van der Waals surface area contributed by atoms with Crippen LogP contribution in [0, 0.1) is 0 Å². The monoisotopic (exact) mass is 262 g/mol. The number of aromatic nitrogens is 1. The van der Waals surface area contributed by atoms with Gasteiger partial charge in [-0.3, -0.25) is 9.78 Å². The number of phenolic OH excluding ortho intramolecular Hbond substituents is 1. The van der Waals surface area contributed by atoms with Crippen LogP contribution in [0.25, 0.3) is 22.0 Å².